The molecule has 0 aliphatic heterocycles. The van der Waals surface area contributed by atoms with Crippen molar-refractivity contribution in [2.24, 2.45) is 11.8 Å². The number of carbonyl (C=O) groups is 1. The maximum absolute atomic E-state index is 11.3. The zero-order valence-corrected chi connectivity index (χ0v) is 13.0. The van der Waals surface area contributed by atoms with Gasteiger partial charge in [0.1, 0.15) is 0 Å². The van der Waals surface area contributed by atoms with Crippen LogP contribution >= 0.6 is 11.3 Å². The van der Waals surface area contributed by atoms with Gasteiger partial charge in [-0.1, -0.05) is 20.8 Å². The molecule has 1 aromatic heterocycles. The van der Waals surface area contributed by atoms with E-state index in [9.17, 15) is 4.79 Å². The summed E-state index contributed by atoms with van der Waals surface area (Å²) in [5.41, 5.74) is 0.956. The summed E-state index contributed by atoms with van der Waals surface area (Å²) in [6.45, 7) is 9.86. The Balaban J connectivity index is 2.34. The first-order valence-electron chi connectivity index (χ1n) is 6.86. The lowest BCUT2D eigenvalue weighted by molar-refractivity contribution is -0.143. The summed E-state index contributed by atoms with van der Waals surface area (Å²) in [5, 5.41) is 6.29. The van der Waals surface area contributed by atoms with Gasteiger partial charge in [-0.2, -0.15) is 0 Å². The van der Waals surface area contributed by atoms with Crippen molar-refractivity contribution in [1.29, 1.82) is 0 Å². The lowest BCUT2D eigenvalue weighted by atomic mass is 9.98. The molecule has 0 amide bonds. The fraction of sp³-hybridized carbons (Fsp3) is 0.714. The molecule has 0 fully saturated rings. The number of ether oxygens (including phenoxy) is 1. The van der Waals surface area contributed by atoms with Gasteiger partial charge in [0.25, 0.3) is 0 Å². The Bertz CT molecular complexity index is 391. The van der Waals surface area contributed by atoms with Crippen LogP contribution in [0, 0.1) is 11.8 Å². The molecule has 0 spiro atoms. The summed E-state index contributed by atoms with van der Waals surface area (Å²) in [7, 11) is 0. The summed E-state index contributed by atoms with van der Waals surface area (Å²) in [5.74, 6) is 1.13. The van der Waals surface area contributed by atoms with Gasteiger partial charge in [-0.05, 0) is 18.8 Å². The lowest BCUT2D eigenvalue weighted by Crippen LogP contribution is -2.16. The van der Waals surface area contributed by atoms with Crippen LogP contribution in [0.2, 0.25) is 0 Å². The molecule has 4 nitrogen and oxygen atoms in total. The minimum absolute atomic E-state index is 0.154. The van der Waals surface area contributed by atoms with Gasteiger partial charge in [0, 0.05) is 18.3 Å². The second-order valence-electron chi connectivity index (χ2n) is 5.05. The number of aromatic nitrogens is 1. The predicted octanol–water partition coefficient (Wildman–Crippen LogP) is 3.34. The number of aryl methyl sites for hydroxylation is 1. The van der Waals surface area contributed by atoms with Crippen LogP contribution in [0.3, 0.4) is 0 Å². The third kappa shape index (κ3) is 6.05. The van der Waals surface area contributed by atoms with Crippen LogP contribution < -0.4 is 5.32 Å². The van der Waals surface area contributed by atoms with Gasteiger partial charge in [0.2, 0.25) is 0 Å². The molecule has 0 bridgehead atoms. The first kappa shape index (κ1) is 16.0. The third-order valence-electron chi connectivity index (χ3n) is 3.16. The number of hydrogen-bond donors (Lipinski definition) is 1. The highest BCUT2D eigenvalue weighted by molar-refractivity contribution is 7.13. The molecule has 0 aliphatic carbocycles. The average Bonchev–Trinajstić information content (AvgIpc) is 2.81. The summed E-state index contributed by atoms with van der Waals surface area (Å²) in [6, 6.07) is 0. The Morgan fingerprint density at radius 2 is 2.21 bits per heavy atom. The molecular weight excluding hydrogens is 260 g/mol. The molecule has 5 heteroatoms. The standard InChI is InChI=1S/C14H24N2O2S/c1-5-18-13(17)7-6-12-9-19-14(16-12)15-8-11(4)10(2)3/h9-11H,5-8H2,1-4H3,(H,15,16). The monoisotopic (exact) mass is 284 g/mol. The maximum atomic E-state index is 11.3. The van der Waals surface area contributed by atoms with E-state index >= 15 is 0 Å². The zero-order chi connectivity index (χ0) is 14.3. The number of anilines is 1. The number of esters is 1. The van der Waals surface area contributed by atoms with E-state index in [2.05, 4.69) is 31.1 Å². The molecule has 1 atom stereocenters. The molecule has 19 heavy (non-hydrogen) atoms. The van der Waals surface area contributed by atoms with Crippen molar-refractivity contribution in [2.75, 3.05) is 18.5 Å². The second kappa shape index (κ2) is 8.15. The molecule has 1 aromatic rings. The highest BCUT2D eigenvalue weighted by Gasteiger charge is 2.09. The summed E-state index contributed by atoms with van der Waals surface area (Å²) in [6.07, 6.45) is 1.05. The molecule has 108 valence electrons. The van der Waals surface area contributed by atoms with Crippen molar-refractivity contribution in [3.05, 3.63) is 11.1 Å². The van der Waals surface area contributed by atoms with E-state index in [0.29, 0.717) is 31.3 Å². The van der Waals surface area contributed by atoms with Crippen molar-refractivity contribution in [3.8, 4) is 0 Å². The van der Waals surface area contributed by atoms with Gasteiger partial charge >= 0.3 is 5.97 Å². The van der Waals surface area contributed by atoms with Crippen LogP contribution in [0.4, 0.5) is 5.13 Å². The summed E-state index contributed by atoms with van der Waals surface area (Å²) < 4.78 is 4.90. The van der Waals surface area contributed by atoms with Crippen LogP contribution in [0.15, 0.2) is 5.38 Å². The van der Waals surface area contributed by atoms with Crippen molar-refractivity contribution < 1.29 is 9.53 Å². The molecule has 0 radical (unpaired) electrons. The fourth-order valence-electron chi connectivity index (χ4n) is 1.45. The first-order valence-corrected chi connectivity index (χ1v) is 7.74. The largest absolute Gasteiger partial charge is 0.466 e. The Morgan fingerprint density at radius 1 is 1.47 bits per heavy atom. The van der Waals surface area contributed by atoms with Gasteiger partial charge in [-0.25, -0.2) is 4.98 Å². The topological polar surface area (TPSA) is 51.2 Å². The molecule has 0 aliphatic rings. The minimum Gasteiger partial charge on any atom is -0.466 e. The maximum Gasteiger partial charge on any atom is 0.306 e. The van der Waals surface area contributed by atoms with Crippen LogP contribution in [0.1, 0.15) is 39.8 Å². The van der Waals surface area contributed by atoms with E-state index in [4.69, 9.17) is 4.74 Å². The van der Waals surface area contributed by atoms with E-state index in [1.165, 1.54) is 0 Å². The van der Waals surface area contributed by atoms with Crippen LogP contribution in [0.5, 0.6) is 0 Å². The number of nitrogens with one attached hydrogen (secondary N) is 1. The van der Waals surface area contributed by atoms with E-state index < -0.39 is 0 Å². The number of thiazole rings is 1. The number of nitrogens with zero attached hydrogens (tertiary/aromatic N) is 1. The van der Waals surface area contributed by atoms with Crippen LogP contribution in [-0.2, 0) is 16.0 Å². The quantitative estimate of drug-likeness (QED) is 0.744. The Hall–Kier alpha value is -1.10. The van der Waals surface area contributed by atoms with Gasteiger partial charge in [-0.15, -0.1) is 11.3 Å². The third-order valence-corrected chi connectivity index (χ3v) is 4.00. The highest BCUT2D eigenvalue weighted by Crippen LogP contribution is 2.18. The molecule has 1 rings (SSSR count). The first-order chi connectivity index (χ1) is 9.02. The van der Waals surface area contributed by atoms with Crippen molar-refractivity contribution in [1.82, 2.24) is 4.98 Å². The molecule has 1 unspecified atom stereocenters. The van der Waals surface area contributed by atoms with E-state index in [-0.39, 0.29) is 5.97 Å². The summed E-state index contributed by atoms with van der Waals surface area (Å²) in [4.78, 5) is 15.7. The smallest absolute Gasteiger partial charge is 0.306 e. The van der Waals surface area contributed by atoms with E-state index in [0.717, 1.165) is 17.4 Å². The Morgan fingerprint density at radius 3 is 2.84 bits per heavy atom. The number of hydrogen-bond acceptors (Lipinski definition) is 5. The normalized spacial score (nSPS) is 12.5. The molecule has 0 saturated carbocycles. The predicted molar refractivity (Wildman–Crippen MR) is 79.6 cm³/mol. The van der Waals surface area contributed by atoms with Crippen molar-refractivity contribution >= 4 is 22.4 Å². The average molecular weight is 284 g/mol. The molecule has 0 saturated heterocycles. The van der Waals surface area contributed by atoms with Crippen molar-refractivity contribution in [3.63, 3.8) is 0 Å². The van der Waals surface area contributed by atoms with E-state index in [1.54, 1.807) is 11.3 Å². The fourth-order valence-corrected chi connectivity index (χ4v) is 2.21. The zero-order valence-electron chi connectivity index (χ0n) is 12.2. The lowest BCUT2D eigenvalue weighted by Gasteiger charge is -2.15. The van der Waals surface area contributed by atoms with Gasteiger partial charge < -0.3 is 10.1 Å². The summed E-state index contributed by atoms with van der Waals surface area (Å²) >= 11 is 1.59. The van der Waals surface area contributed by atoms with Gasteiger partial charge in [0.05, 0.1) is 18.7 Å². The minimum atomic E-state index is -0.154. The second-order valence-corrected chi connectivity index (χ2v) is 5.91. The van der Waals surface area contributed by atoms with Gasteiger partial charge in [-0.3, -0.25) is 4.79 Å². The van der Waals surface area contributed by atoms with Crippen molar-refractivity contribution in [2.45, 2.75) is 40.5 Å². The number of rotatable bonds is 8. The molecule has 0 aromatic carbocycles. The number of carbonyl (C=O) groups excluding carboxylic acids is 1. The van der Waals surface area contributed by atoms with Crippen LogP contribution in [0.25, 0.3) is 0 Å². The highest BCUT2D eigenvalue weighted by atomic mass is 32.1. The molecule has 1 heterocycles. The molecule has 1 N–H and O–H groups in total. The van der Waals surface area contributed by atoms with E-state index in [1.807, 2.05) is 12.3 Å². The SMILES string of the molecule is CCOC(=O)CCc1csc(NCC(C)C(C)C)n1. The molecular formula is C14H24N2O2S. The Kier molecular flexibility index (Phi) is 6.84. The Labute approximate surface area is 119 Å². The van der Waals surface area contributed by atoms with Gasteiger partial charge in [0.15, 0.2) is 5.13 Å². The van der Waals surface area contributed by atoms with Crippen LogP contribution in [-0.4, -0.2) is 24.1 Å².